The molecular weight excluding hydrogens is 215 g/mol. The molecule has 0 bridgehead atoms. The van der Waals surface area contributed by atoms with Crippen LogP contribution in [0, 0.1) is 0 Å². The fourth-order valence-corrected chi connectivity index (χ4v) is 2.88. The van der Waals surface area contributed by atoms with Crippen LogP contribution in [0.5, 0.6) is 0 Å². The first kappa shape index (κ1) is 13.7. The van der Waals surface area contributed by atoms with Crippen LogP contribution in [0.25, 0.3) is 0 Å². The zero-order chi connectivity index (χ0) is 11.5. The maximum Gasteiger partial charge on any atom is 0.0431 e. The number of benzene rings is 1. The lowest BCUT2D eigenvalue weighted by Crippen LogP contribution is -1.93. The molecule has 1 aromatic carbocycles. The van der Waals surface area contributed by atoms with Crippen LogP contribution in [-0.4, -0.2) is 17.9 Å². The van der Waals surface area contributed by atoms with Crippen LogP contribution in [0.15, 0.2) is 30.3 Å². The number of aliphatic hydroxyl groups is 1. The third-order valence-corrected chi connectivity index (χ3v) is 4.03. The number of hydrogen-bond donors (Lipinski definition) is 1. The van der Waals surface area contributed by atoms with E-state index in [1.54, 1.807) is 0 Å². The number of hydrogen-bond acceptors (Lipinski definition) is 1. The molecule has 1 N–H and O–H groups in total. The van der Waals surface area contributed by atoms with E-state index in [1.165, 1.54) is 43.6 Å². The fraction of sp³-hybridized carbons (Fsp3) is 0.571. The first-order valence-electron chi connectivity index (χ1n) is 6.33. The van der Waals surface area contributed by atoms with Crippen molar-refractivity contribution in [1.82, 2.24) is 0 Å². The van der Waals surface area contributed by atoms with Gasteiger partial charge in [0, 0.05) is 6.61 Å². The molecule has 2 heteroatoms. The van der Waals surface area contributed by atoms with E-state index in [2.05, 4.69) is 30.3 Å². The molecule has 1 atom stereocenters. The Hall–Kier alpha value is -0.390. The van der Waals surface area contributed by atoms with Crippen molar-refractivity contribution in [3.8, 4) is 0 Å². The van der Waals surface area contributed by atoms with Crippen LogP contribution in [0.4, 0.5) is 0 Å². The van der Waals surface area contributed by atoms with Gasteiger partial charge in [0.2, 0.25) is 0 Å². The van der Waals surface area contributed by atoms with Gasteiger partial charge in [-0.1, -0.05) is 64.6 Å². The van der Waals surface area contributed by atoms with Gasteiger partial charge in [-0.05, 0) is 24.3 Å². The Balaban J connectivity index is 1.89. The smallest absolute Gasteiger partial charge is 0.0431 e. The largest absolute Gasteiger partial charge is 0.396 e. The van der Waals surface area contributed by atoms with Crippen LogP contribution in [0.2, 0.25) is 0 Å². The average Bonchev–Trinajstić information content (AvgIpc) is 2.34. The van der Waals surface area contributed by atoms with Crippen LogP contribution >= 0.6 is 8.58 Å². The second kappa shape index (κ2) is 9.81. The zero-order valence-corrected chi connectivity index (χ0v) is 11.0. The monoisotopic (exact) mass is 238 g/mol. The van der Waals surface area contributed by atoms with Gasteiger partial charge in [0.05, 0.1) is 0 Å². The predicted octanol–water partition coefficient (Wildman–Crippen LogP) is 3.32. The van der Waals surface area contributed by atoms with Gasteiger partial charge < -0.3 is 5.11 Å². The van der Waals surface area contributed by atoms with Gasteiger partial charge >= 0.3 is 0 Å². The van der Waals surface area contributed by atoms with E-state index in [0.29, 0.717) is 6.61 Å². The van der Waals surface area contributed by atoms with Gasteiger partial charge in [-0.2, -0.15) is 0 Å². The fourth-order valence-electron chi connectivity index (χ4n) is 1.73. The summed E-state index contributed by atoms with van der Waals surface area (Å²) in [6.07, 6.45) is 8.83. The molecule has 0 spiro atoms. The van der Waals surface area contributed by atoms with Crippen molar-refractivity contribution in [2.24, 2.45) is 0 Å². The van der Waals surface area contributed by atoms with Gasteiger partial charge in [-0.25, -0.2) is 0 Å². The van der Waals surface area contributed by atoms with Crippen LogP contribution in [0.1, 0.15) is 38.5 Å². The highest BCUT2D eigenvalue weighted by Gasteiger charge is 1.93. The molecule has 1 nitrogen and oxygen atoms in total. The summed E-state index contributed by atoms with van der Waals surface area (Å²) in [4.78, 5) is 0. The van der Waals surface area contributed by atoms with E-state index >= 15 is 0 Å². The minimum absolute atomic E-state index is 0.357. The molecule has 1 unspecified atom stereocenters. The van der Waals surface area contributed by atoms with E-state index in [1.807, 2.05) is 0 Å². The molecule has 1 rings (SSSR count). The standard InChI is InChI=1S/C14H23OP/c15-12-8-3-1-2-4-9-13-16-14-10-6-5-7-11-14/h5-7,10-11,15-16H,1-4,8-9,12-13H2. The van der Waals surface area contributed by atoms with Crippen molar-refractivity contribution in [3.63, 3.8) is 0 Å². The van der Waals surface area contributed by atoms with E-state index in [9.17, 15) is 0 Å². The Bertz CT molecular complexity index is 248. The normalized spacial score (nSPS) is 11.3. The molecule has 0 fully saturated rings. The minimum atomic E-state index is 0.357. The lowest BCUT2D eigenvalue weighted by Gasteiger charge is -2.02. The molecule has 1 aromatic rings. The van der Waals surface area contributed by atoms with E-state index in [0.717, 1.165) is 15.0 Å². The highest BCUT2D eigenvalue weighted by Crippen LogP contribution is 2.14. The SMILES string of the molecule is OCCCCCCCCPc1ccccc1. The molecule has 0 heterocycles. The average molecular weight is 238 g/mol. The van der Waals surface area contributed by atoms with Gasteiger partial charge in [0.1, 0.15) is 0 Å². The van der Waals surface area contributed by atoms with Gasteiger partial charge in [-0.3, -0.25) is 0 Å². The highest BCUT2D eigenvalue weighted by molar-refractivity contribution is 7.47. The maximum atomic E-state index is 8.63. The molecule has 0 aromatic heterocycles. The minimum Gasteiger partial charge on any atom is -0.396 e. The molecule has 16 heavy (non-hydrogen) atoms. The van der Waals surface area contributed by atoms with E-state index in [-0.39, 0.29) is 0 Å². The summed E-state index contributed by atoms with van der Waals surface area (Å²) in [6, 6.07) is 10.8. The lowest BCUT2D eigenvalue weighted by molar-refractivity contribution is 0.282. The van der Waals surface area contributed by atoms with Crippen molar-refractivity contribution >= 4 is 13.9 Å². The molecule has 0 saturated carbocycles. The molecule has 90 valence electrons. The van der Waals surface area contributed by atoms with Crippen molar-refractivity contribution < 1.29 is 5.11 Å². The third kappa shape index (κ3) is 6.98. The maximum absolute atomic E-state index is 8.63. The van der Waals surface area contributed by atoms with E-state index < -0.39 is 0 Å². The summed E-state index contributed by atoms with van der Waals surface area (Å²) in [7, 11) is 0.977. The highest BCUT2D eigenvalue weighted by atomic mass is 31.1. The number of aliphatic hydroxyl groups excluding tert-OH is 1. The van der Waals surface area contributed by atoms with Gasteiger partial charge in [0.25, 0.3) is 0 Å². The Morgan fingerprint density at radius 2 is 1.44 bits per heavy atom. The van der Waals surface area contributed by atoms with Crippen LogP contribution in [0.3, 0.4) is 0 Å². The zero-order valence-electron chi connectivity index (χ0n) is 9.99. The van der Waals surface area contributed by atoms with Crippen LogP contribution in [-0.2, 0) is 0 Å². The Kier molecular flexibility index (Phi) is 8.38. The topological polar surface area (TPSA) is 20.2 Å². The summed E-state index contributed by atoms with van der Waals surface area (Å²) < 4.78 is 0. The number of rotatable bonds is 9. The van der Waals surface area contributed by atoms with Crippen molar-refractivity contribution in [2.45, 2.75) is 38.5 Å². The first-order chi connectivity index (χ1) is 7.93. The summed E-state index contributed by atoms with van der Waals surface area (Å²) in [5.41, 5.74) is 0. The second-order valence-electron chi connectivity index (χ2n) is 4.14. The molecule has 0 aliphatic heterocycles. The van der Waals surface area contributed by atoms with Crippen molar-refractivity contribution in [2.75, 3.05) is 12.8 Å². The second-order valence-corrected chi connectivity index (χ2v) is 5.57. The van der Waals surface area contributed by atoms with Crippen LogP contribution < -0.4 is 5.30 Å². The van der Waals surface area contributed by atoms with Gasteiger partial charge in [0.15, 0.2) is 0 Å². The quantitative estimate of drug-likeness (QED) is 0.517. The first-order valence-corrected chi connectivity index (χ1v) is 7.54. The molecule has 0 amide bonds. The Morgan fingerprint density at radius 1 is 0.812 bits per heavy atom. The van der Waals surface area contributed by atoms with Crippen molar-refractivity contribution in [1.29, 1.82) is 0 Å². The Morgan fingerprint density at radius 3 is 2.12 bits per heavy atom. The summed E-state index contributed by atoms with van der Waals surface area (Å²) >= 11 is 0. The molecule has 0 saturated heterocycles. The number of unbranched alkanes of at least 4 members (excludes halogenated alkanes) is 5. The van der Waals surface area contributed by atoms with Crippen molar-refractivity contribution in [3.05, 3.63) is 30.3 Å². The van der Waals surface area contributed by atoms with E-state index in [4.69, 9.17) is 5.11 Å². The molecule has 0 radical (unpaired) electrons. The predicted molar refractivity (Wildman–Crippen MR) is 74.0 cm³/mol. The van der Waals surface area contributed by atoms with Gasteiger partial charge in [-0.15, -0.1) is 0 Å². The summed E-state index contributed by atoms with van der Waals surface area (Å²) in [5, 5.41) is 10.1. The third-order valence-electron chi connectivity index (χ3n) is 2.69. The molecular formula is C14H23OP. The Labute approximate surface area is 101 Å². The summed E-state index contributed by atoms with van der Waals surface area (Å²) in [6.45, 7) is 0.357. The lowest BCUT2D eigenvalue weighted by atomic mass is 10.1. The molecule has 0 aliphatic carbocycles. The molecule has 0 aliphatic rings. The summed E-state index contributed by atoms with van der Waals surface area (Å²) in [5.74, 6) is 0.